The van der Waals surface area contributed by atoms with Gasteiger partial charge in [0.25, 0.3) is 8.38 Å². The molecule has 0 saturated carbocycles. The lowest BCUT2D eigenvalue weighted by atomic mass is 9.82. The fraction of sp³-hybridized carbons (Fsp3) is 0.130. The standard InChI is InChI=1S/C23H19O4P/c1-14-8-4-5-12-18(14)26-28(3)27-19-13-7-11-17-21(19)23(25)20-15(2)9-6-10-16(20)22(17)24/h4-13H,1-3H3. The van der Waals surface area contributed by atoms with E-state index < -0.39 is 8.38 Å². The van der Waals surface area contributed by atoms with Crippen LogP contribution in [0.1, 0.15) is 43.0 Å². The van der Waals surface area contributed by atoms with E-state index >= 15 is 0 Å². The lowest BCUT2D eigenvalue weighted by molar-refractivity contribution is 0.0977. The van der Waals surface area contributed by atoms with E-state index in [9.17, 15) is 9.59 Å². The van der Waals surface area contributed by atoms with Gasteiger partial charge < -0.3 is 9.05 Å². The van der Waals surface area contributed by atoms with Gasteiger partial charge in [0.15, 0.2) is 11.6 Å². The van der Waals surface area contributed by atoms with E-state index in [0.717, 1.165) is 16.9 Å². The molecule has 0 amide bonds. The quantitative estimate of drug-likeness (QED) is 0.433. The Kier molecular flexibility index (Phi) is 4.74. The lowest BCUT2D eigenvalue weighted by Gasteiger charge is -2.23. The van der Waals surface area contributed by atoms with Crippen molar-refractivity contribution in [3.63, 3.8) is 0 Å². The van der Waals surface area contributed by atoms with E-state index in [0.29, 0.717) is 28.0 Å². The van der Waals surface area contributed by atoms with Gasteiger partial charge in [-0.15, -0.1) is 0 Å². The Hall–Kier alpha value is -2.97. The maximum Gasteiger partial charge on any atom is 0.286 e. The smallest absolute Gasteiger partial charge is 0.286 e. The van der Waals surface area contributed by atoms with E-state index in [-0.39, 0.29) is 11.6 Å². The molecule has 0 aromatic heterocycles. The Bertz CT molecular complexity index is 1100. The average Bonchev–Trinajstić information content (AvgIpc) is 2.67. The number of ketones is 2. The van der Waals surface area contributed by atoms with E-state index in [4.69, 9.17) is 9.05 Å². The summed E-state index contributed by atoms with van der Waals surface area (Å²) in [4.78, 5) is 26.2. The van der Waals surface area contributed by atoms with Crippen LogP contribution in [0.2, 0.25) is 0 Å². The number of hydrogen-bond acceptors (Lipinski definition) is 4. The van der Waals surface area contributed by atoms with Crippen LogP contribution in [0.3, 0.4) is 0 Å². The fourth-order valence-electron chi connectivity index (χ4n) is 3.41. The van der Waals surface area contributed by atoms with Crippen molar-refractivity contribution in [1.29, 1.82) is 0 Å². The SMILES string of the molecule is Cc1ccccc1OP(C)Oc1cccc2c1C(=O)c1c(C)cccc1C2=O. The molecule has 1 atom stereocenters. The molecule has 1 aliphatic carbocycles. The molecule has 28 heavy (non-hydrogen) atoms. The molecule has 0 fully saturated rings. The van der Waals surface area contributed by atoms with Gasteiger partial charge in [-0.25, -0.2) is 0 Å². The summed E-state index contributed by atoms with van der Waals surface area (Å²) in [6, 6.07) is 18.2. The monoisotopic (exact) mass is 390 g/mol. The Labute approximate surface area is 165 Å². The number of fused-ring (bicyclic) bond motifs is 2. The van der Waals surface area contributed by atoms with Gasteiger partial charge in [0.1, 0.15) is 11.5 Å². The molecule has 0 bridgehead atoms. The third kappa shape index (κ3) is 3.10. The third-order valence-corrected chi connectivity index (χ3v) is 5.70. The molecule has 0 spiro atoms. The zero-order valence-corrected chi connectivity index (χ0v) is 16.7. The van der Waals surface area contributed by atoms with Crippen molar-refractivity contribution in [3.05, 3.63) is 94.0 Å². The predicted molar refractivity (Wildman–Crippen MR) is 110 cm³/mol. The third-order valence-electron chi connectivity index (χ3n) is 4.79. The number of hydrogen-bond donors (Lipinski definition) is 0. The number of carbonyl (C=O) groups is 2. The van der Waals surface area contributed by atoms with Crippen molar-refractivity contribution < 1.29 is 18.6 Å². The molecule has 1 unspecified atom stereocenters. The van der Waals surface area contributed by atoms with Gasteiger partial charge in [-0.1, -0.05) is 48.5 Å². The summed E-state index contributed by atoms with van der Waals surface area (Å²) in [6.45, 7) is 5.63. The molecule has 0 saturated heterocycles. The zero-order valence-electron chi connectivity index (χ0n) is 15.9. The molecule has 0 radical (unpaired) electrons. The van der Waals surface area contributed by atoms with Crippen LogP contribution in [0.5, 0.6) is 11.5 Å². The highest BCUT2D eigenvalue weighted by atomic mass is 31.2. The van der Waals surface area contributed by atoms with Crippen LogP contribution in [0.25, 0.3) is 0 Å². The Morgan fingerprint density at radius 2 is 1.21 bits per heavy atom. The summed E-state index contributed by atoms with van der Waals surface area (Å²) in [5.74, 6) is 0.785. The summed E-state index contributed by atoms with van der Waals surface area (Å²) in [6.07, 6.45) is 0. The highest BCUT2D eigenvalue weighted by Crippen LogP contribution is 2.42. The van der Waals surface area contributed by atoms with Crippen LogP contribution in [0, 0.1) is 13.8 Å². The second kappa shape index (κ2) is 7.21. The molecular formula is C23H19O4P. The first-order valence-corrected chi connectivity index (χ1v) is 10.6. The minimum absolute atomic E-state index is 0.154. The largest absolute Gasteiger partial charge is 0.438 e. The van der Waals surface area contributed by atoms with Gasteiger partial charge in [-0.3, -0.25) is 9.59 Å². The second-order valence-electron chi connectivity index (χ2n) is 6.72. The van der Waals surface area contributed by atoms with Crippen molar-refractivity contribution in [2.75, 3.05) is 6.66 Å². The van der Waals surface area contributed by atoms with Gasteiger partial charge in [0.2, 0.25) is 0 Å². The molecule has 3 aromatic rings. The average molecular weight is 390 g/mol. The summed E-state index contributed by atoms with van der Waals surface area (Å²) in [5, 5.41) is 0. The molecule has 3 aromatic carbocycles. The van der Waals surface area contributed by atoms with E-state index in [1.165, 1.54) is 0 Å². The Morgan fingerprint density at radius 1 is 0.643 bits per heavy atom. The van der Waals surface area contributed by atoms with Crippen LogP contribution in [0.4, 0.5) is 0 Å². The topological polar surface area (TPSA) is 52.6 Å². The molecular weight excluding hydrogens is 371 g/mol. The summed E-state index contributed by atoms with van der Waals surface area (Å²) < 4.78 is 12.0. The summed E-state index contributed by atoms with van der Waals surface area (Å²) >= 11 is 0. The normalized spacial score (nSPS) is 13.5. The van der Waals surface area contributed by atoms with Gasteiger partial charge in [0.05, 0.1) is 5.56 Å². The number of para-hydroxylation sites is 1. The van der Waals surface area contributed by atoms with Gasteiger partial charge in [-0.05, 0) is 37.1 Å². The highest BCUT2D eigenvalue weighted by molar-refractivity contribution is 7.47. The lowest BCUT2D eigenvalue weighted by Crippen LogP contribution is -2.22. The molecule has 4 rings (SSSR count). The minimum Gasteiger partial charge on any atom is -0.438 e. The highest BCUT2D eigenvalue weighted by Gasteiger charge is 2.33. The minimum atomic E-state index is -1.34. The number of aryl methyl sites for hydroxylation is 2. The van der Waals surface area contributed by atoms with Gasteiger partial charge in [0, 0.05) is 23.4 Å². The first-order chi connectivity index (χ1) is 13.5. The number of benzene rings is 3. The molecule has 140 valence electrons. The van der Waals surface area contributed by atoms with Crippen LogP contribution < -0.4 is 9.05 Å². The van der Waals surface area contributed by atoms with E-state index in [1.54, 1.807) is 30.3 Å². The number of carbonyl (C=O) groups excluding carboxylic acids is 2. The van der Waals surface area contributed by atoms with Crippen molar-refractivity contribution in [3.8, 4) is 11.5 Å². The van der Waals surface area contributed by atoms with Crippen LogP contribution >= 0.6 is 8.38 Å². The summed E-state index contributed by atoms with van der Waals surface area (Å²) in [7, 11) is -1.34. The molecule has 1 aliphatic rings. The van der Waals surface area contributed by atoms with Crippen molar-refractivity contribution >= 4 is 19.9 Å². The Balaban J connectivity index is 1.70. The van der Waals surface area contributed by atoms with Crippen molar-refractivity contribution in [2.24, 2.45) is 0 Å². The number of rotatable bonds is 4. The Morgan fingerprint density at radius 3 is 1.96 bits per heavy atom. The first kappa shape index (κ1) is 18.4. The van der Waals surface area contributed by atoms with Gasteiger partial charge >= 0.3 is 0 Å². The molecule has 0 heterocycles. The molecule has 0 aliphatic heterocycles. The van der Waals surface area contributed by atoms with Gasteiger partial charge in [-0.2, -0.15) is 0 Å². The van der Waals surface area contributed by atoms with Crippen LogP contribution in [0.15, 0.2) is 60.7 Å². The first-order valence-electron chi connectivity index (χ1n) is 8.94. The molecule has 5 heteroatoms. The maximum absolute atomic E-state index is 13.2. The van der Waals surface area contributed by atoms with Crippen LogP contribution in [-0.2, 0) is 0 Å². The molecule has 0 N–H and O–H groups in total. The maximum atomic E-state index is 13.2. The molecule has 4 nitrogen and oxygen atoms in total. The summed E-state index contributed by atoms with van der Waals surface area (Å²) in [5.41, 5.74) is 3.38. The zero-order chi connectivity index (χ0) is 19.8. The van der Waals surface area contributed by atoms with E-state index in [2.05, 4.69) is 0 Å². The second-order valence-corrected chi connectivity index (χ2v) is 7.97. The fourth-order valence-corrected chi connectivity index (χ4v) is 4.36. The van der Waals surface area contributed by atoms with Crippen molar-refractivity contribution in [1.82, 2.24) is 0 Å². The van der Waals surface area contributed by atoms with Crippen molar-refractivity contribution in [2.45, 2.75) is 13.8 Å². The predicted octanol–water partition coefficient (Wildman–Crippen LogP) is 5.48. The van der Waals surface area contributed by atoms with E-state index in [1.807, 2.05) is 50.8 Å². The van der Waals surface area contributed by atoms with Crippen LogP contribution in [-0.4, -0.2) is 18.2 Å².